The second kappa shape index (κ2) is 7.76. The molecule has 3 rings (SSSR count). The van der Waals surface area contributed by atoms with Crippen molar-refractivity contribution in [3.8, 4) is 11.5 Å². The number of Topliss-reactive ketones (excluding diaryl/α,β-unsaturated/α-hetero) is 2. The van der Waals surface area contributed by atoms with Crippen LogP contribution in [0.25, 0.3) is 0 Å². The summed E-state index contributed by atoms with van der Waals surface area (Å²) in [6.07, 6.45) is 1.58. The molecule has 27 heavy (non-hydrogen) atoms. The second-order valence-corrected chi connectivity index (χ2v) is 9.04. The summed E-state index contributed by atoms with van der Waals surface area (Å²) in [5.74, 6) is 0.487. The van der Waals surface area contributed by atoms with Gasteiger partial charge < -0.3 is 4.74 Å². The summed E-state index contributed by atoms with van der Waals surface area (Å²) >= 11 is 9.49. The van der Waals surface area contributed by atoms with Crippen LogP contribution in [0, 0.1) is 5.41 Å². The molecule has 0 spiro atoms. The van der Waals surface area contributed by atoms with E-state index >= 15 is 0 Å². The first kappa shape index (κ1) is 20.1. The Morgan fingerprint density at radius 3 is 2.26 bits per heavy atom. The Hall–Kier alpha value is -1.65. The third-order valence-electron chi connectivity index (χ3n) is 4.89. The number of ether oxygens (including phenoxy) is 1. The quantitative estimate of drug-likeness (QED) is 0.500. The monoisotopic (exact) mass is 448 g/mol. The van der Waals surface area contributed by atoms with Gasteiger partial charge in [0.2, 0.25) is 0 Å². The number of hydrogen-bond donors (Lipinski definition) is 0. The van der Waals surface area contributed by atoms with E-state index in [-0.39, 0.29) is 17.0 Å². The standard InChI is InChI=1S/C22H22BrClO3/c1-4-13-5-6-14(27-15-7-8-17(23)18(24)10-15)9-16(13)21-19(25)11-22(2,3)12-20(21)26/h5-10,21H,4,11-12H2,1-3H3. The summed E-state index contributed by atoms with van der Waals surface area (Å²) in [6, 6.07) is 11.0. The largest absolute Gasteiger partial charge is 0.457 e. The molecule has 142 valence electrons. The molecule has 1 aliphatic rings. The topological polar surface area (TPSA) is 43.4 Å². The summed E-state index contributed by atoms with van der Waals surface area (Å²) in [5.41, 5.74) is 1.51. The minimum Gasteiger partial charge on any atom is -0.457 e. The molecule has 0 radical (unpaired) electrons. The molecule has 0 atom stereocenters. The molecular formula is C22H22BrClO3. The minimum atomic E-state index is -0.690. The molecule has 0 unspecified atom stereocenters. The van der Waals surface area contributed by atoms with Crippen LogP contribution in [0.2, 0.25) is 5.02 Å². The molecule has 0 heterocycles. The summed E-state index contributed by atoms with van der Waals surface area (Å²) in [4.78, 5) is 25.5. The number of hydrogen-bond acceptors (Lipinski definition) is 3. The lowest BCUT2D eigenvalue weighted by Crippen LogP contribution is -2.36. The van der Waals surface area contributed by atoms with Crippen molar-refractivity contribution in [2.24, 2.45) is 5.41 Å². The molecule has 0 amide bonds. The Kier molecular flexibility index (Phi) is 5.78. The Morgan fingerprint density at radius 1 is 1.07 bits per heavy atom. The van der Waals surface area contributed by atoms with Gasteiger partial charge >= 0.3 is 0 Å². The van der Waals surface area contributed by atoms with E-state index in [0.29, 0.717) is 29.4 Å². The fourth-order valence-corrected chi connectivity index (χ4v) is 4.06. The van der Waals surface area contributed by atoms with Gasteiger partial charge in [-0.25, -0.2) is 0 Å². The normalized spacial score (nSPS) is 17.2. The van der Waals surface area contributed by atoms with E-state index in [1.807, 2.05) is 51.1 Å². The van der Waals surface area contributed by atoms with Crippen LogP contribution < -0.4 is 4.74 Å². The average Bonchev–Trinajstić information content (AvgIpc) is 2.57. The molecule has 2 aromatic carbocycles. The lowest BCUT2D eigenvalue weighted by atomic mass is 9.69. The van der Waals surface area contributed by atoms with Crippen LogP contribution in [0.1, 0.15) is 50.7 Å². The highest BCUT2D eigenvalue weighted by molar-refractivity contribution is 9.10. The highest BCUT2D eigenvalue weighted by atomic mass is 79.9. The highest BCUT2D eigenvalue weighted by Gasteiger charge is 2.41. The van der Waals surface area contributed by atoms with Gasteiger partial charge in [-0.1, -0.05) is 38.4 Å². The van der Waals surface area contributed by atoms with E-state index in [9.17, 15) is 9.59 Å². The molecule has 1 fully saturated rings. The molecule has 1 aliphatic carbocycles. The van der Waals surface area contributed by atoms with E-state index in [1.54, 1.807) is 6.07 Å². The second-order valence-electron chi connectivity index (χ2n) is 7.78. The van der Waals surface area contributed by atoms with Gasteiger partial charge in [0, 0.05) is 23.4 Å². The zero-order valence-electron chi connectivity index (χ0n) is 15.6. The Balaban J connectivity index is 1.95. The van der Waals surface area contributed by atoms with Gasteiger partial charge in [0.25, 0.3) is 0 Å². The third kappa shape index (κ3) is 4.44. The third-order valence-corrected chi connectivity index (χ3v) is 6.12. The minimum absolute atomic E-state index is 0.00483. The molecule has 2 aromatic rings. The van der Waals surface area contributed by atoms with Crippen molar-refractivity contribution in [1.82, 2.24) is 0 Å². The molecule has 0 saturated heterocycles. The van der Waals surface area contributed by atoms with Crippen molar-refractivity contribution in [1.29, 1.82) is 0 Å². The van der Waals surface area contributed by atoms with Gasteiger partial charge in [-0.3, -0.25) is 9.59 Å². The Labute approximate surface area is 173 Å². The number of halogens is 2. The van der Waals surface area contributed by atoms with Crippen LogP contribution in [0.4, 0.5) is 0 Å². The van der Waals surface area contributed by atoms with E-state index in [0.717, 1.165) is 22.0 Å². The van der Waals surface area contributed by atoms with Crippen LogP contribution >= 0.6 is 27.5 Å². The van der Waals surface area contributed by atoms with Gasteiger partial charge in [-0.05, 0) is 63.2 Å². The Bertz CT molecular complexity index is 884. The van der Waals surface area contributed by atoms with Gasteiger partial charge in [-0.2, -0.15) is 0 Å². The predicted molar refractivity (Wildman–Crippen MR) is 111 cm³/mol. The smallest absolute Gasteiger partial charge is 0.148 e. The van der Waals surface area contributed by atoms with Crippen molar-refractivity contribution in [2.75, 3.05) is 0 Å². The highest BCUT2D eigenvalue weighted by Crippen LogP contribution is 2.40. The number of benzene rings is 2. The molecule has 5 heteroatoms. The zero-order valence-corrected chi connectivity index (χ0v) is 18.0. The summed E-state index contributed by atoms with van der Waals surface area (Å²) in [7, 11) is 0. The van der Waals surface area contributed by atoms with Crippen LogP contribution in [0.15, 0.2) is 40.9 Å². The van der Waals surface area contributed by atoms with Gasteiger partial charge in [0.15, 0.2) is 0 Å². The van der Waals surface area contributed by atoms with Crippen molar-refractivity contribution >= 4 is 39.1 Å². The first-order valence-corrected chi connectivity index (χ1v) is 10.2. The van der Waals surface area contributed by atoms with Crippen LogP contribution in [0.5, 0.6) is 11.5 Å². The van der Waals surface area contributed by atoms with Crippen molar-refractivity contribution in [3.05, 3.63) is 57.0 Å². The SMILES string of the molecule is CCc1ccc(Oc2ccc(Br)c(Cl)c2)cc1C1C(=O)CC(C)(C)CC1=O. The van der Waals surface area contributed by atoms with Gasteiger partial charge in [0.05, 0.1) is 5.02 Å². The maximum Gasteiger partial charge on any atom is 0.148 e. The number of rotatable bonds is 4. The van der Waals surface area contributed by atoms with Gasteiger partial charge in [-0.15, -0.1) is 0 Å². The molecular weight excluding hydrogens is 428 g/mol. The molecule has 0 bridgehead atoms. The maximum absolute atomic E-state index is 12.8. The van der Waals surface area contributed by atoms with E-state index in [1.165, 1.54) is 0 Å². The van der Waals surface area contributed by atoms with Gasteiger partial charge in [0.1, 0.15) is 29.0 Å². The van der Waals surface area contributed by atoms with E-state index in [2.05, 4.69) is 15.9 Å². The summed E-state index contributed by atoms with van der Waals surface area (Å²) in [6.45, 7) is 5.96. The summed E-state index contributed by atoms with van der Waals surface area (Å²) in [5, 5.41) is 0.553. The zero-order chi connectivity index (χ0) is 19.8. The van der Waals surface area contributed by atoms with Crippen molar-refractivity contribution in [2.45, 2.75) is 46.0 Å². The molecule has 0 aromatic heterocycles. The number of ketones is 2. The average molecular weight is 450 g/mol. The van der Waals surface area contributed by atoms with Crippen LogP contribution in [-0.2, 0) is 16.0 Å². The Morgan fingerprint density at radius 2 is 1.67 bits per heavy atom. The lowest BCUT2D eigenvalue weighted by Gasteiger charge is -2.33. The first-order chi connectivity index (χ1) is 12.7. The fourth-order valence-electron chi connectivity index (χ4n) is 3.64. The molecule has 3 nitrogen and oxygen atoms in total. The molecule has 1 saturated carbocycles. The van der Waals surface area contributed by atoms with Crippen LogP contribution in [-0.4, -0.2) is 11.6 Å². The first-order valence-electron chi connectivity index (χ1n) is 9.01. The fraction of sp³-hybridized carbons (Fsp3) is 0.364. The van der Waals surface area contributed by atoms with Crippen LogP contribution in [0.3, 0.4) is 0 Å². The van der Waals surface area contributed by atoms with Crippen molar-refractivity contribution < 1.29 is 14.3 Å². The number of aryl methyl sites for hydroxylation is 1. The van der Waals surface area contributed by atoms with E-state index in [4.69, 9.17) is 16.3 Å². The predicted octanol–water partition coefficient (Wildman–Crippen LogP) is 6.50. The van der Waals surface area contributed by atoms with E-state index < -0.39 is 5.92 Å². The molecule has 0 N–H and O–H groups in total. The molecule has 0 aliphatic heterocycles. The van der Waals surface area contributed by atoms with Crippen molar-refractivity contribution in [3.63, 3.8) is 0 Å². The number of carbonyl (C=O) groups excluding carboxylic acids is 2. The maximum atomic E-state index is 12.8. The number of carbonyl (C=O) groups is 2. The lowest BCUT2D eigenvalue weighted by molar-refractivity contribution is -0.135. The summed E-state index contributed by atoms with van der Waals surface area (Å²) < 4.78 is 6.72.